The van der Waals surface area contributed by atoms with Crippen molar-refractivity contribution in [3.8, 4) is 0 Å². The van der Waals surface area contributed by atoms with Gasteiger partial charge in [0, 0.05) is 5.54 Å². The first kappa shape index (κ1) is 18.3. The van der Waals surface area contributed by atoms with Crippen LogP contribution in [0.15, 0.2) is 27.2 Å². The van der Waals surface area contributed by atoms with E-state index in [-0.39, 0.29) is 23.2 Å². The Labute approximate surface area is 147 Å². The molecule has 0 atom stereocenters. The molecule has 24 heavy (non-hydrogen) atoms. The molecule has 0 saturated heterocycles. The van der Waals surface area contributed by atoms with E-state index in [0.29, 0.717) is 21.8 Å². The predicted molar refractivity (Wildman–Crippen MR) is 93.1 cm³/mol. The van der Waals surface area contributed by atoms with Gasteiger partial charge in [-0.25, -0.2) is 4.79 Å². The zero-order valence-corrected chi connectivity index (χ0v) is 15.2. The first-order chi connectivity index (χ1) is 11.3. The van der Waals surface area contributed by atoms with Crippen molar-refractivity contribution in [2.45, 2.75) is 37.2 Å². The van der Waals surface area contributed by atoms with Crippen LogP contribution in [0.3, 0.4) is 0 Å². The SMILES string of the molecule is CC(C)(C)NC(=O)Nc1nnc(SCC(=O)NCc2ccco2)s1. The first-order valence-electron chi connectivity index (χ1n) is 7.16. The Kier molecular flexibility index (Phi) is 6.21. The van der Waals surface area contributed by atoms with Crippen molar-refractivity contribution in [2.24, 2.45) is 0 Å². The molecule has 2 aromatic rings. The number of furan rings is 1. The highest BCUT2D eigenvalue weighted by molar-refractivity contribution is 8.01. The smallest absolute Gasteiger partial charge is 0.321 e. The molecule has 3 N–H and O–H groups in total. The molecule has 0 aliphatic rings. The summed E-state index contributed by atoms with van der Waals surface area (Å²) in [5.41, 5.74) is -0.335. The van der Waals surface area contributed by atoms with Crippen molar-refractivity contribution in [3.63, 3.8) is 0 Å². The Morgan fingerprint density at radius 3 is 2.79 bits per heavy atom. The van der Waals surface area contributed by atoms with Crippen molar-refractivity contribution < 1.29 is 14.0 Å². The minimum absolute atomic E-state index is 0.133. The van der Waals surface area contributed by atoms with Crippen LogP contribution < -0.4 is 16.0 Å². The summed E-state index contributed by atoms with van der Waals surface area (Å²) in [5, 5.41) is 16.3. The summed E-state index contributed by atoms with van der Waals surface area (Å²) in [7, 11) is 0. The topological polar surface area (TPSA) is 109 Å². The van der Waals surface area contributed by atoms with Gasteiger partial charge in [-0.1, -0.05) is 23.1 Å². The Bertz CT molecular complexity index is 679. The van der Waals surface area contributed by atoms with E-state index in [2.05, 4.69) is 26.1 Å². The zero-order valence-electron chi connectivity index (χ0n) is 13.6. The lowest BCUT2D eigenvalue weighted by Gasteiger charge is -2.19. The average molecular weight is 369 g/mol. The maximum absolute atomic E-state index is 11.8. The molecule has 0 fully saturated rings. The highest BCUT2D eigenvalue weighted by Gasteiger charge is 2.15. The summed E-state index contributed by atoms with van der Waals surface area (Å²) in [6, 6.07) is 3.21. The van der Waals surface area contributed by atoms with Gasteiger partial charge in [0.1, 0.15) is 5.76 Å². The number of rotatable bonds is 6. The zero-order chi connectivity index (χ0) is 17.6. The van der Waals surface area contributed by atoms with E-state index in [9.17, 15) is 9.59 Å². The molecule has 130 valence electrons. The number of urea groups is 1. The minimum atomic E-state index is -0.341. The van der Waals surface area contributed by atoms with Gasteiger partial charge in [0.05, 0.1) is 18.6 Å². The second-order valence-electron chi connectivity index (χ2n) is 5.85. The van der Waals surface area contributed by atoms with Gasteiger partial charge >= 0.3 is 6.03 Å². The fourth-order valence-corrected chi connectivity index (χ4v) is 3.14. The van der Waals surface area contributed by atoms with E-state index in [4.69, 9.17) is 4.42 Å². The van der Waals surface area contributed by atoms with Crippen molar-refractivity contribution >= 4 is 40.2 Å². The lowest BCUT2D eigenvalue weighted by molar-refractivity contribution is -0.118. The van der Waals surface area contributed by atoms with E-state index >= 15 is 0 Å². The van der Waals surface area contributed by atoms with Gasteiger partial charge in [-0.2, -0.15) is 0 Å². The minimum Gasteiger partial charge on any atom is -0.467 e. The predicted octanol–water partition coefficient (Wildman–Crippen LogP) is 2.46. The number of hydrogen-bond acceptors (Lipinski definition) is 7. The van der Waals surface area contributed by atoms with Gasteiger partial charge in [0.15, 0.2) is 4.34 Å². The molecule has 0 radical (unpaired) electrons. The number of aromatic nitrogens is 2. The van der Waals surface area contributed by atoms with Gasteiger partial charge in [0.25, 0.3) is 0 Å². The normalized spacial score (nSPS) is 11.1. The second kappa shape index (κ2) is 8.15. The third-order valence-corrected chi connectivity index (χ3v) is 4.45. The van der Waals surface area contributed by atoms with Crippen LogP contribution in [-0.2, 0) is 11.3 Å². The Morgan fingerprint density at radius 1 is 1.33 bits per heavy atom. The number of nitrogens with one attached hydrogen (secondary N) is 3. The van der Waals surface area contributed by atoms with Gasteiger partial charge in [-0.15, -0.1) is 10.2 Å². The third kappa shape index (κ3) is 6.59. The molecule has 0 saturated carbocycles. The molecule has 0 aliphatic carbocycles. The maximum atomic E-state index is 11.8. The van der Waals surface area contributed by atoms with Crippen LogP contribution in [0.25, 0.3) is 0 Å². The molecule has 0 unspecified atom stereocenters. The van der Waals surface area contributed by atoms with Crippen LogP contribution in [0.5, 0.6) is 0 Å². The van der Waals surface area contributed by atoms with Crippen molar-refractivity contribution in [1.82, 2.24) is 20.8 Å². The number of thioether (sulfide) groups is 1. The summed E-state index contributed by atoms with van der Waals surface area (Å²) in [6.07, 6.45) is 1.56. The summed E-state index contributed by atoms with van der Waals surface area (Å²) < 4.78 is 5.74. The maximum Gasteiger partial charge on any atom is 0.321 e. The average Bonchev–Trinajstić information content (AvgIpc) is 3.12. The molecule has 2 heterocycles. The van der Waals surface area contributed by atoms with Gasteiger partial charge in [-0.05, 0) is 32.9 Å². The molecule has 2 rings (SSSR count). The lowest BCUT2D eigenvalue weighted by Crippen LogP contribution is -2.43. The van der Waals surface area contributed by atoms with E-state index < -0.39 is 0 Å². The first-order valence-corrected chi connectivity index (χ1v) is 8.96. The molecule has 0 aliphatic heterocycles. The van der Waals surface area contributed by atoms with Gasteiger partial charge < -0.3 is 15.1 Å². The quantitative estimate of drug-likeness (QED) is 0.533. The number of anilines is 1. The Hall–Kier alpha value is -2.07. The van der Waals surface area contributed by atoms with E-state index in [1.165, 1.54) is 23.1 Å². The van der Waals surface area contributed by atoms with Crippen molar-refractivity contribution in [2.75, 3.05) is 11.1 Å². The Balaban J connectivity index is 1.73. The molecule has 3 amide bonds. The highest BCUT2D eigenvalue weighted by atomic mass is 32.2. The molecule has 2 aromatic heterocycles. The summed E-state index contributed by atoms with van der Waals surface area (Å²) in [5.74, 6) is 0.774. The van der Waals surface area contributed by atoms with Gasteiger partial charge in [-0.3, -0.25) is 10.1 Å². The molecule has 0 spiro atoms. The van der Waals surface area contributed by atoms with Crippen LogP contribution in [0.2, 0.25) is 0 Å². The third-order valence-electron chi connectivity index (χ3n) is 2.48. The monoisotopic (exact) mass is 369 g/mol. The molecule has 0 aromatic carbocycles. The number of carbonyl (C=O) groups is 2. The van der Waals surface area contributed by atoms with E-state index in [1.54, 1.807) is 18.4 Å². The molecular weight excluding hydrogens is 350 g/mol. The number of carbonyl (C=O) groups excluding carboxylic acids is 2. The van der Waals surface area contributed by atoms with Crippen molar-refractivity contribution in [3.05, 3.63) is 24.2 Å². The number of hydrogen-bond donors (Lipinski definition) is 3. The lowest BCUT2D eigenvalue weighted by atomic mass is 10.1. The van der Waals surface area contributed by atoms with Crippen LogP contribution in [0.1, 0.15) is 26.5 Å². The fourth-order valence-electron chi connectivity index (χ4n) is 1.56. The largest absolute Gasteiger partial charge is 0.467 e. The Morgan fingerprint density at radius 2 is 2.12 bits per heavy atom. The van der Waals surface area contributed by atoms with Crippen molar-refractivity contribution in [1.29, 1.82) is 0 Å². The second-order valence-corrected chi connectivity index (χ2v) is 8.05. The summed E-state index contributed by atoms with van der Waals surface area (Å²) in [6.45, 7) is 6.00. The number of nitrogens with zero attached hydrogens (tertiary/aromatic N) is 2. The molecular formula is C14H19N5O3S2. The number of amides is 3. The summed E-state index contributed by atoms with van der Waals surface area (Å²) >= 11 is 2.47. The van der Waals surface area contributed by atoms with Crippen LogP contribution in [0, 0.1) is 0 Å². The standard InChI is InChI=1S/C14H19N5O3S2/c1-14(2,3)17-11(21)16-12-18-19-13(24-12)23-8-10(20)15-7-9-5-4-6-22-9/h4-6H,7-8H2,1-3H3,(H,15,20)(H2,16,17,18,21). The molecule has 8 nitrogen and oxygen atoms in total. The van der Waals surface area contributed by atoms with Crippen LogP contribution in [0.4, 0.5) is 9.93 Å². The van der Waals surface area contributed by atoms with Gasteiger partial charge in [0.2, 0.25) is 11.0 Å². The van der Waals surface area contributed by atoms with E-state index in [0.717, 1.165) is 0 Å². The fraction of sp³-hybridized carbons (Fsp3) is 0.429. The molecule has 10 heteroatoms. The van der Waals surface area contributed by atoms with Crippen LogP contribution >= 0.6 is 23.1 Å². The highest BCUT2D eigenvalue weighted by Crippen LogP contribution is 2.25. The summed E-state index contributed by atoms with van der Waals surface area (Å²) in [4.78, 5) is 23.5. The van der Waals surface area contributed by atoms with E-state index in [1.807, 2.05) is 20.8 Å². The molecule has 0 bridgehead atoms. The van der Waals surface area contributed by atoms with Crippen LogP contribution in [-0.4, -0.2) is 33.4 Å².